The van der Waals surface area contributed by atoms with Crippen molar-refractivity contribution in [3.8, 4) is 11.9 Å². The Kier molecular flexibility index (Phi) is 3.24. The number of hydrogen-bond donors (Lipinski definition) is 2. The van der Waals surface area contributed by atoms with Crippen molar-refractivity contribution in [3.63, 3.8) is 0 Å². The molecule has 1 aromatic rings. The first-order valence-corrected chi connectivity index (χ1v) is 5.68. The Morgan fingerprint density at radius 2 is 2.00 bits per heavy atom. The molecule has 2 heterocycles. The monoisotopic (exact) mass is 223 g/mol. The van der Waals surface area contributed by atoms with Gasteiger partial charge in [0.05, 0.1) is 5.69 Å². The van der Waals surface area contributed by atoms with E-state index in [2.05, 4.69) is 21.8 Å². The maximum absolute atomic E-state index is 9.30. The Morgan fingerprint density at radius 1 is 1.31 bits per heavy atom. The minimum Gasteiger partial charge on any atom is -0.493 e. The van der Waals surface area contributed by atoms with Gasteiger partial charge < -0.3 is 15.1 Å². The molecule has 1 fully saturated rings. The van der Waals surface area contributed by atoms with Crippen molar-refractivity contribution >= 4 is 0 Å². The Morgan fingerprint density at radius 3 is 2.56 bits per heavy atom. The summed E-state index contributed by atoms with van der Waals surface area (Å²) < 4.78 is 0. The lowest BCUT2D eigenvalue weighted by molar-refractivity contribution is 0.220. The third-order valence-electron chi connectivity index (χ3n) is 3.17. The highest BCUT2D eigenvalue weighted by Gasteiger charge is 2.21. The lowest BCUT2D eigenvalue weighted by Gasteiger charge is -2.30. The summed E-state index contributed by atoms with van der Waals surface area (Å²) in [6.45, 7) is 5.33. The normalized spacial score (nSPS) is 18.8. The maximum atomic E-state index is 9.30. The van der Waals surface area contributed by atoms with Crippen LogP contribution in [0.15, 0.2) is 6.07 Å². The fourth-order valence-electron chi connectivity index (χ4n) is 2.19. The number of hydrogen-bond acceptors (Lipinski definition) is 5. The smallest absolute Gasteiger partial charge is 0.317 e. The third kappa shape index (κ3) is 2.41. The van der Waals surface area contributed by atoms with E-state index in [1.165, 1.54) is 0 Å². The number of aromatic nitrogens is 2. The Labute approximate surface area is 94.8 Å². The van der Waals surface area contributed by atoms with E-state index in [4.69, 9.17) is 0 Å². The van der Waals surface area contributed by atoms with Crippen molar-refractivity contribution in [2.45, 2.75) is 25.7 Å². The van der Waals surface area contributed by atoms with Crippen LogP contribution in [0.25, 0.3) is 0 Å². The van der Waals surface area contributed by atoms with Crippen molar-refractivity contribution in [3.05, 3.63) is 11.8 Å². The molecule has 0 aliphatic carbocycles. The first-order chi connectivity index (χ1) is 7.69. The van der Waals surface area contributed by atoms with Gasteiger partial charge in [0.15, 0.2) is 0 Å². The van der Waals surface area contributed by atoms with E-state index >= 15 is 0 Å². The molecule has 2 rings (SSSR count). The van der Waals surface area contributed by atoms with Gasteiger partial charge in [-0.15, -0.1) is 0 Å². The molecular weight excluding hydrogens is 206 g/mol. The second-order valence-electron chi connectivity index (χ2n) is 4.16. The summed E-state index contributed by atoms with van der Waals surface area (Å²) in [5.41, 5.74) is 0.751. The van der Waals surface area contributed by atoms with Crippen LogP contribution in [-0.2, 0) is 0 Å². The fourth-order valence-corrected chi connectivity index (χ4v) is 2.19. The quantitative estimate of drug-likeness (QED) is 0.785. The summed E-state index contributed by atoms with van der Waals surface area (Å²) in [4.78, 5) is 9.81. The molecule has 5 nitrogen and oxygen atoms in total. The van der Waals surface area contributed by atoms with E-state index in [-0.39, 0.29) is 11.9 Å². The van der Waals surface area contributed by atoms with E-state index in [1.54, 1.807) is 6.07 Å². The summed E-state index contributed by atoms with van der Waals surface area (Å²) >= 11 is 0. The predicted molar refractivity (Wildman–Crippen MR) is 59.5 cm³/mol. The highest BCUT2D eigenvalue weighted by atomic mass is 16.3. The summed E-state index contributed by atoms with van der Waals surface area (Å²) in [5, 5.41) is 18.5. The molecule has 16 heavy (non-hydrogen) atoms. The topological polar surface area (TPSA) is 69.5 Å². The lowest BCUT2D eigenvalue weighted by Crippen LogP contribution is -2.32. The van der Waals surface area contributed by atoms with E-state index in [0.717, 1.165) is 38.2 Å². The Bertz CT molecular complexity index is 342. The summed E-state index contributed by atoms with van der Waals surface area (Å²) in [6.07, 6.45) is 2.04. The number of rotatable bonds is 2. The van der Waals surface area contributed by atoms with Crippen molar-refractivity contribution in [2.24, 2.45) is 0 Å². The van der Waals surface area contributed by atoms with Crippen LogP contribution in [0.3, 0.4) is 0 Å². The van der Waals surface area contributed by atoms with Gasteiger partial charge >= 0.3 is 6.01 Å². The predicted octanol–water partition coefficient (Wildman–Crippen LogP) is 1.09. The minimum absolute atomic E-state index is 0.152. The second kappa shape index (κ2) is 4.65. The highest BCUT2D eigenvalue weighted by molar-refractivity contribution is 5.20. The summed E-state index contributed by atoms with van der Waals surface area (Å²) in [5.74, 6) is 0.169. The zero-order valence-corrected chi connectivity index (χ0v) is 9.43. The van der Waals surface area contributed by atoms with Gasteiger partial charge in [-0.1, -0.05) is 6.92 Å². The van der Waals surface area contributed by atoms with E-state index in [9.17, 15) is 10.2 Å². The lowest BCUT2D eigenvalue weighted by atomic mass is 9.93. The maximum Gasteiger partial charge on any atom is 0.317 e. The van der Waals surface area contributed by atoms with Crippen LogP contribution in [0.1, 0.15) is 31.4 Å². The van der Waals surface area contributed by atoms with Gasteiger partial charge in [-0.2, -0.15) is 9.97 Å². The molecule has 0 unspecified atom stereocenters. The Balaban J connectivity index is 2.08. The number of likely N-dealkylation sites (tertiary alicyclic amines) is 1. The largest absolute Gasteiger partial charge is 0.493 e. The first-order valence-electron chi connectivity index (χ1n) is 5.68. The van der Waals surface area contributed by atoms with Crippen LogP contribution in [0.5, 0.6) is 11.9 Å². The van der Waals surface area contributed by atoms with Crippen molar-refractivity contribution in [1.82, 2.24) is 14.9 Å². The van der Waals surface area contributed by atoms with Crippen LogP contribution in [0.4, 0.5) is 0 Å². The molecule has 0 bridgehead atoms. The molecule has 0 radical (unpaired) electrons. The number of piperidine rings is 1. The number of aromatic hydroxyl groups is 2. The van der Waals surface area contributed by atoms with Gasteiger partial charge in [-0.25, -0.2) is 0 Å². The SMILES string of the molecule is CCN1CCC(c2cc(O)nc(O)n2)CC1. The van der Waals surface area contributed by atoms with Gasteiger partial charge in [-0.3, -0.25) is 0 Å². The molecule has 0 amide bonds. The van der Waals surface area contributed by atoms with Gasteiger partial charge in [0.2, 0.25) is 5.88 Å². The number of nitrogens with zero attached hydrogens (tertiary/aromatic N) is 3. The Hall–Kier alpha value is -1.36. The van der Waals surface area contributed by atoms with Crippen molar-refractivity contribution in [2.75, 3.05) is 19.6 Å². The van der Waals surface area contributed by atoms with Crippen molar-refractivity contribution < 1.29 is 10.2 Å². The van der Waals surface area contributed by atoms with Crippen LogP contribution in [0, 0.1) is 0 Å². The minimum atomic E-state index is -0.340. The fraction of sp³-hybridized carbons (Fsp3) is 0.636. The van der Waals surface area contributed by atoms with Crippen LogP contribution >= 0.6 is 0 Å². The van der Waals surface area contributed by atoms with Crippen molar-refractivity contribution in [1.29, 1.82) is 0 Å². The molecule has 1 saturated heterocycles. The first kappa shape index (κ1) is 11.1. The van der Waals surface area contributed by atoms with E-state index < -0.39 is 0 Å². The molecule has 5 heteroatoms. The summed E-state index contributed by atoms with van der Waals surface area (Å²) in [7, 11) is 0. The average molecular weight is 223 g/mol. The summed E-state index contributed by atoms with van der Waals surface area (Å²) in [6, 6.07) is 1.21. The molecule has 1 aromatic heterocycles. The molecule has 1 aliphatic rings. The molecule has 0 aromatic carbocycles. The molecule has 0 atom stereocenters. The molecule has 0 saturated carbocycles. The molecule has 0 spiro atoms. The van der Waals surface area contributed by atoms with E-state index in [1.807, 2.05) is 0 Å². The molecular formula is C11H17N3O2. The third-order valence-corrected chi connectivity index (χ3v) is 3.17. The highest BCUT2D eigenvalue weighted by Crippen LogP contribution is 2.28. The van der Waals surface area contributed by atoms with Crippen LogP contribution < -0.4 is 0 Å². The van der Waals surface area contributed by atoms with Gasteiger partial charge in [0.25, 0.3) is 0 Å². The van der Waals surface area contributed by atoms with Gasteiger partial charge in [0, 0.05) is 12.0 Å². The molecule has 88 valence electrons. The van der Waals surface area contributed by atoms with Gasteiger partial charge in [-0.05, 0) is 32.5 Å². The standard InChI is InChI=1S/C11H17N3O2/c1-2-14-5-3-8(4-6-14)9-7-10(15)13-11(16)12-9/h7-8H,2-6H2,1H3,(H2,12,13,15,16). The zero-order chi connectivity index (χ0) is 11.5. The van der Waals surface area contributed by atoms with Crippen LogP contribution in [0.2, 0.25) is 0 Å². The van der Waals surface area contributed by atoms with Crippen LogP contribution in [-0.4, -0.2) is 44.7 Å². The molecule has 1 aliphatic heterocycles. The second-order valence-corrected chi connectivity index (χ2v) is 4.16. The van der Waals surface area contributed by atoms with Gasteiger partial charge in [0.1, 0.15) is 0 Å². The van der Waals surface area contributed by atoms with E-state index in [0.29, 0.717) is 5.92 Å². The average Bonchev–Trinajstić information content (AvgIpc) is 2.28. The molecule has 2 N–H and O–H groups in total. The zero-order valence-electron chi connectivity index (χ0n) is 9.43.